The van der Waals surface area contributed by atoms with Crippen molar-refractivity contribution < 1.29 is 9.59 Å². The van der Waals surface area contributed by atoms with E-state index in [1.807, 2.05) is 46.3 Å². The Bertz CT molecular complexity index is 1180. The van der Waals surface area contributed by atoms with Crippen LogP contribution in [0.1, 0.15) is 43.0 Å². The Morgan fingerprint density at radius 3 is 2.69 bits per heavy atom. The summed E-state index contributed by atoms with van der Waals surface area (Å²) >= 11 is 0. The van der Waals surface area contributed by atoms with Crippen LogP contribution >= 0.6 is 0 Å². The standard InChI is InChI=1S/C26H33N7O2/c1-19(34)27-11-12-33(25-23-9-10-28-24(23)29-18-30-25)22-8-4-5-20(17-22)26(35)32-15-13-31(14-16-32)21-6-2-3-7-21/h4-5,8-10,17-18,21H,2-3,6-7,11-16H2,1H3,(H,27,34)(H,28,29,30). The number of aromatic nitrogens is 3. The molecule has 2 amide bonds. The molecule has 0 radical (unpaired) electrons. The summed E-state index contributed by atoms with van der Waals surface area (Å²) in [6.45, 7) is 5.90. The van der Waals surface area contributed by atoms with E-state index >= 15 is 0 Å². The van der Waals surface area contributed by atoms with Gasteiger partial charge < -0.3 is 20.1 Å². The minimum Gasteiger partial charge on any atom is -0.355 e. The number of fused-ring (bicyclic) bond motifs is 1. The lowest BCUT2D eigenvalue weighted by Gasteiger charge is -2.38. The number of piperazine rings is 1. The average Bonchev–Trinajstić information content (AvgIpc) is 3.59. The molecule has 2 aromatic heterocycles. The first-order chi connectivity index (χ1) is 17.1. The van der Waals surface area contributed by atoms with Crippen molar-refractivity contribution in [3.05, 3.63) is 48.4 Å². The molecule has 5 rings (SSSR count). The van der Waals surface area contributed by atoms with Gasteiger partial charge >= 0.3 is 0 Å². The first-order valence-electron chi connectivity index (χ1n) is 12.5. The Kier molecular flexibility index (Phi) is 6.94. The fourth-order valence-electron chi connectivity index (χ4n) is 5.32. The van der Waals surface area contributed by atoms with Crippen LogP contribution in [0.2, 0.25) is 0 Å². The predicted molar refractivity (Wildman–Crippen MR) is 136 cm³/mol. The van der Waals surface area contributed by atoms with E-state index in [2.05, 4.69) is 25.2 Å². The van der Waals surface area contributed by atoms with Gasteiger partial charge in [-0.1, -0.05) is 18.9 Å². The van der Waals surface area contributed by atoms with Crippen molar-refractivity contribution in [2.24, 2.45) is 0 Å². The van der Waals surface area contributed by atoms with E-state index in [0.717, 1.165) is 48.7 Å². The summed E-state index contributed by atoms with van der Waals surface area (Å²) < 4.78 is 0. The summed E-state index contributed by atoms with van der Waals surface area (Å²) in [7, 11) is 0. The zero-order valence-electron chi connectivity index (χ0n) is 20.2. The van der Waals surface area contributed by atoms with E-state index in [1.165, 1.54) is 38.9 Å². The van der Waals surface area contributed by atoms with Crippen molar-refractivity contribution in [1.82, 2.24) is 30.1 Å². The van der Waals surface area contributed by atoms with Gasteiger partial charge in [0.25, 0.3) is 5.91 Å². The van der Waals surface area contributed by atoms with Gasteiger partial charge in [-0.15, -0.1) is 0 Å². The van der Waals surface area contributed by atoms with Gasteiger partial charge in [0.15, 0.2) is 0 Å². The highest BCUT2D eigenvalue weighted by molar-refractivity contribution is 5.96. The van der Waals surface area contributed by atoms with E-state index in [4.69, 9.17) is 0 Å². The van der Waals surface area contributed by atoms with Gasteiger partial charge in [0.2, 0.25) is 5.91 Å². The molecule has 1 aromatic carbocycles. The number of nitrogens with zero attached hydrogens (tertiary/aromatic N) is 5. The van der Waals surface area contributed by atoms with E-state index in [-0.39, 0.29) is 11.8 Å². The van der Waals surface area contributed by atoms with Crippen LogP contribution in [-0.2, 0) is 4.79 Å². The van der Waals surface area contributed by atoms with Crippen LogP contribution in [0.4, 0.5) is 11.5 Å². The average molecular weight is 476 g/mol. The smallest absolute Gasteiger partial charge is 0.254 e. The molecule has 9 nitrogen and oxygen atoms in total. The molecule has 1 aliphatic heterocycles. The topological polar surface area (TPSA) is 97.5 Å². The van der Waals surface area contributed by atoms with Crippen LogP contribution in [0.5, 0.6) is 0 Å². The Hall–Kier alpha value is -3.46. The third kappa shape index (κ3) is 5.14. The first-order valence-corrected chi connectivity index (χ1v) is 12.5. The number of hydrogen-bond acceptors (Lipinski definition) is 6. The molecule has 1 saturated heterocycles. The second-order valence-corrected chi connectivity index (χ2v) is 9.39. The second kappa shape index (κ2) is 10.4. The molecule has 2 N–H and O–H groups in total. The van der Waals surface area contributed by atoms with Gasteiger partial charge in [-0.2, -0.15) is 0 Å². The SMILES string of the molecule is CC(=O)NCCN(c1cccc(C(=O)N2CCN(C3CCCC3)CC2)c1)c1ncnc2[nH]ccc12. The minimum atomic E-state index is -0.0832. The van der Waals surface area contributed by atoms with Gasteiger partial charge in [0, 0.05) is 69.7 Å². The summed E-state index contributed by atoms with van der Waals surface area (Å²) in [5, 5.41) is 3.75. The van der Waals surface area contributed by atoms with E-state index in [9.17, 15) is 9.59 Å². The van der Waals surface area contributed by atoms with Crippen molar-refractivity contribution in [2.45, 2.75) is 38.6 Å². The Labute approximate surface area is 205 Å². The van der Waals surface area contributed by atoms with Crippen LogP contribution in [-0.4, -0.2) is 81.9 Å². The van der Waals surface area contributed by atoms with Gasteiger partial charge in [0.1, 0.15) is 17.8 Å². The number of rotatable bonds is 7. The zero-order chi connectivity index (χ0) is 24.2. The summed E-state index contributed by atoms with van der Waals surface area (Å²) in [5.41, 5.74) is 2.26. The molecule has 0 atom stereocenters. The fourth-order valence-corrected chi connectivity index (χ4v) is 5.32. The maximum atomic E-state index is 13.4. The molecular weight excluding hydrogens is 442 g/mol. The third-order valence-corrected chi connectivity index (χ3v) is 7.15. The van der Waals surface area contributed by atoms with Crippen molar-refractivity contribution in [2.75, 3.05) is 44.2 Å². The lowest BCUT2D eigenvalue weighted by atomic mass is 10.1. The molecule has 35 heavy (non-hydrogen) atoms. The lowest BCUT2D eigenvalue weighted by molar-refractivity contribution is -0.118. The minimum absolute atomic E-state index is 0.0641. The fraction of sp³-hybridized carbons (Fsp3) is 0.462. The van der Waals surface area contributed by atoms with E-state index < -0.39 is 0 Å². The van der Waals surface area contributed by atoms with Gasteiger partial charge in [-0.3, -0.25) is 14.5 Å². The molecule has 2 fully saturated rings. The Morgan fingerprint density at radius 1 is 1.11 bits per heavy atom. The molecule has 1 saturated carbocycles. The maximum Gasteiger partial charge on any atom is 0.254 e. The summed E-state index contributed by atoms with van der Waals surface area (Å²) in [4.78, 5) is 43.4. The summed E-state index contributed by atoms with van der Waals surface area (Å²) in [5.74, 6) is 0.714. The molecule has 9 heteroatoms. The molecule has 0 unspecified atom stereocenters. The molecule has 3 heterocycles. The highest BCUT2D eigenvalue weighted by atomic mass is 16.2. The van der Waals surface area contributed by atoms with Crippen molar-refractivity contribution in [3.8, 4) is 0 Å². The van der Waals surface area contributed by atoms with Gasteiger partial charge in [-0.25, -0.2) is 9.97 Å². The Morgan fingerprint density at radius 2 is 1.91 bits per heavy atom. The van der Waals surface area contributed by atoms with Crippen LogP contribution < -0.4 is 10.2 Å². The Balaban J connectivity index is 1.36. The second-order valence-electron chi connectivity index (χ2n) is 9.39. The normalized spacial score (nSPS) is 17.1. The van der Waals surface area contributed by atoms with Crippen LogP contribution in [0.15, 0.2) is 42.9 Å². The molecular formula is C26H33N7O2. The lowest BCUT2D eigenvalue weighted by Crippen LogP contribution is -2.51. The maximum absolute atomic E-state index is 13.4. The van der Waals surface area contributed by atoms with E-state index in [0.29, 0.717) is 24.7 Å². The van der Waals surface area contributed by atoms with Gasteiger partial charge in [0.05, 0.1) is 5.39 Å². The quantitative estimate of drug-likeness (QED) is 0.545. The van der Waals surface area contributed by atoms with Crippen molar-refractivity contribution in [1.29, 1.82) is 0 Å². The predicted octanol–water partition coefficient (Wildman–Crippen LogP) is 2.93. The monoisotopic (exact) mass is 475 g/mol. The third-order valence-electron chi connectivity index (χ3n) is 7.15. The summed E-state index contributed by atoms with van der Waals surface area (Å²) in [6.07, 6.45) is 8.61. The number of nitrogens with one attached hydrogen (secondary N) is 2. The largest absolute Gasteiger partial charge is 0.355 e. The highest BCUT2D eigenvalue weighted by Crippen LogP contribution is 2.30. The van der Waals surface area contributed by atoms with Crippen LogP contribution in [0.3, 0.4) is 0 Å². The van der Waals surface area contributed by atoms with Crippen molar-refractivity contribution in [3.63, 3.8) is 0 Å². The molecule has 3 aromatic rings. The van der Waals surface area contributed by atoms with Crippen LogP contribution in [0, 0.1) is 0 Å². The van der Waals surface area contributed by atoms with Crippen molar-refractivity contribution >= 4 is 34.4 Å². The number of hydrogen-bond donors (Lipinski definition) is 2. The summed E-state index contributed by atoms with van der Waals surface area (Å²) in [6, 6.07) is 10.3. The molecule has 0 bridgehead atoms. The molecule has 1 aliphatic carbocycles. The molecule has 0 spiro atoms. The number of benzene rings is 1. The molecule has 2 aliphatic rings. The van der Waals surface area contributed by atoms with Crippen LogP contribution in [0.25, 0.3) is 11.0 Å². The number of carbonyl (C=O) groups is 2. The molecule has 184 valence electrons. The first kappa shape index (κ1) is 23.3. The zero-order valence-corrected chi connectivity index (χ0v) is 20.2. The number of amides is 2. The highest BCUT2D eigenvalue weighted by Gasteiger charge is 2.28. The number of anilines is 2. The van der Waals surface area contributed by atoms with Gasteiger partial charge in [-0.05, 0) is 37.1 Å². The van der Waals surface area contributed by atoms with E-state index in [1.54, 1.807) is 0 Å². The number of carbonyl (C=O) groups excluding carboxylic acids is 2. The number of aromatic amines is 1. The number of H-pyrrole nitrogens is 1.